The first-order valence-corrected chi connectivity index (χ1v) is 9.10. The molecule has 0 atom stereocenters. The number of unbranched alkanes of at least 4 members (excludes halogenated alkanes) is 1. The summed E-state index contributed by atoms with van der Waals surface area (Å²) < 4.78 is 11.3. The Morgan fingerprint density at radius 3 is 2.46 bits per heavy atom. The Morgan fingerprint density at radius 2 is 1.73 bits per heavy atom. The summed E-state index contributed by atoms with van der Waals surface area (Å²) in [6.07, 6.45) is 2.22. The molecule has 2 aromatic rings. The van der Waals surface area contributed by atoms with E-state index < -0.39 is 0 Å². The lowest BCUT2D eigenvalue weighted by Gasteiger charge is -2.12. The van der Waals surface area contributed by atoms with Crippen LogP contribution < -0.4 is 20.1 Å². The van der Waals surface area contributed by atoms with Crippen molar-refractivity contribution in [2.24, 2.45) is 0 Å². The van der Waals surface area contributed by atoms with Crippen molar-refractivity contribution in [2.75, 3.05) is 23.8 Å². The number of carbonyl (C=O) groups is 1. The van der Waals surface area contributed by atoms with Crippen LogP contribution in [-0.4, -0.2) is 25.2 Å². The molecular formula is C21H28N2O3. The molecule has 140 valence electrons. The second kappa shape index (κ2) is 10.3. The molecule has 0 fully saturated rings. The zero-order valence-electron chi connectivity index (χ0n) is 15.7. The van der Waals surface area contributed by atoms with E-state index in [4.69, 9.17) is 9.47 Å². The number of ether oxygens (including phenoxy) is 2. The normalized spacial score (nSPS) is 10.5. The minimum atomic E-state index is -0.121. The number of anilines is 2. The molecule has 0 heterocycles. The molecule has 0 bridgehead atoms. The Morgan fingerprint density at radius 1 is 1.04 bits per heavy atom. The van der Waals surface area contributed by atoms with Gasteiger partial charge in [0.25, 0.3) is 0 Å². The van der Waals surface area contributed by atoms with Crippen molar-refractivity contribution < 1.29 is 14.3 Å². The molecule has 0 saturated carbocycles. The fourth-order valence-corrected chi connectivity index (χ4v) is 2.34. The van der Waals surface area contributed by atoms with Gasteiger partial charge in [0.2, 0.25) is 5.91 Å². The molecule has 0 radical (unpaired) electrons. The second-order valence-corrected chi connectivity index (χ2v) is 6.33. The number of rotatable bonds is 10. The zero-order chi connectivity index (χ0) is 18.8. The Balaban J connectivity index is 1.84. The molecule has 0 unspecified atom stereocenters. The first-order valence-electron chi connectivity index (χ1n) is 9.10. The van der Waals surface area contributed by atoms with Gasteiger partial charge in [-0.2, -0.15) is 0 Å². The standard InChI is InChI=1S/C21H28N2O3/c1-4-5-12-25-19-10-6-8-17(13-19)22-15-21(24)23-18-9-7-11-20(14-18)26-16(2)3/h6-11,13-14,16,22H,4-5,12,15H2,1-3H3,(H,23,24). The molecule has 0 aliphatic heterocycles. The molecule has 0 aliphatic carbocycles. The summed E-state index contributed by atoms with van der Waals surface area (Å²) in [6, 6.07) is 15.0. The van der Waals surface area contributed by atoms with Crippen molar-refractivity contribution in [2.45, 2.75) is 39.7 Å². The van der Waals surface area contributed by atoms with E-state index in [1.54, 1.807) is 0 Å². The van der Waals surface area contributed by atoms with Crippen LogP contribution in [0.15, 0.2) is 48.5 Å². The average Bonchev–Trinajstić information content (AvgIpc) is 2.60. The largest absolute Gasteiger partial charge is 0.494 e. The molecule has 1 amide bonds. The van der Waals surface area contributed by atoms with Gasteiger partial charge in [-0.05, 0) is 44.5 Å². The van der Waals surface area contributed by atoms with E-state index in [1.807, 2.05) is 62.4 Å². The van der Waals surface area contributed by atoms with Gasteiger partial charge in [0.15, 0.2) is 0 Å². The lowest BCUT2D eigenvalue weighted by molar-refractivity contribution is -0.114. The number of amides is 1. The van der Waals surface area contributed by atoms with Gasteiger partial charge in [-0.3, -0.25) is 4.79 Å². The molecular weight excluding hydrogens is 328 g/mol. The fraction of sp³-hybridized carbons (Fsp3) is 0.381. The highest BCUT2D eigenvalue weighted by molar-refractivity contribution is 5.93. The summed E-state index contributed by atoms with van der Waals surface area (Å²) in [7, 11) is 0. The van der Waals surface area contributed by atoms with Crippen LogP contribution in [0.4, 0.5) is 11.4 Å². The molecule has 2 aromatic carbocycles. The summed E-state index contributed by atoms with van der Waals surface area (Å²) in [6.45, 7) is 6.94. The van der Waals surface area contributed by atoms with Crippen molar-refractivity contribution in [1.29, 1.82) is 0 Å². The summed E-state index contributed by atoms with van der Waals surface area (Å²) in [5.41, 5.74) is 1.57. The van der Waals surface area contributed by atoms with Gasteiger partial charge in [-0.1, -0.05) is 25.5 Å². The lowest BCUT2D eigenvalue weighted by atomic mass is 10.3. The maximum atomic E-state index is 12.2. The van der Waals surface area contributed by atoms with Crippen LogP contribution in [0, 0.1) is 0 Å². The Bertz CT molecular complexity index is 701. The van der Waals surface area contributed by atoms with Crippen LogP contribution in [0.25, 0.3) is 0 Å². The predicted octanol–water partition coefficient (Wildman–Crippen LogP) is 4.70. The van der Waals surface area contributed by atoms with Crippen LogP contribution in [0.2, 0.25) is 0 Å². The van der Waals surface area contributed by atoms with Gasteiger partial charge in [-0.25, -0.2) is 0 Å². The quantitative estimate of drug-likeness (QED) is 0.606. The summed E-state index contributed by atoms with van der Waals surface area (Å²) in [5.74, 6) is 1.43. The number of hydrogen-bond acceptors (Lipinski definition) is 4. The summed E-state index contributed by atoms with van der Waals surface area (Å²) in [4.78, 5) is 12.2. The molecule has 5 heteroatoms. The van der Waals surface area contributed by atoms with E-state index in [1.165, 1.54) is 0 Å². The maximum Gasteiger partial charge on any atom is 0.243 e. The molecule has 5 nitrogen and oxygen atoms in total. The van der Waals surface area contributed by atoms with Gasteiger partial charge in [0.1, 0.15) is 11.5 Å². The van der Waals surface area contributed by atoms with Gasteiger partial charge >= 0.3 is 0 Å². The topological polar surface area (TPSA) is 59.6 Å². The maximum absolute atomic E-state index is 12.2. The molecule has 2 N–H and O–H groups in total. The minimum absolute atomic E-state index is 0.0921. The van der Waals surface area contributed by atoms with Crippen molar-refractivity contribution in [3.05, 3.63) is 48.5 Å². The minimum Gasteiger partial charge on any atom is -0.494 e. The Kier molecular flexibility index (Phi) is 7.80. The van der Waals surface area contributed by atoms with Crippen molar-refractivity contribution in [1.82, 2.24) is 0 Å². The van der Waals surface area contributed by atoms with E-state index >= 15 is 0 Å². The lowest BCUT2D eigenvalue weighted by Crippen LogP contribution is -2.21. The second-order valence-electron chi connectivity index (χ2n) is 6.33. The van der Waals surface area contributed by atoms with E-state index in [9.17, 15) is 4.79 Å². The zero-order valence-corrected chi connectivity index (χ0v) is 15.7. The van der Waals surface area contributed by atoms with Crippen LogP contribution in [0.3, 0.4) is 0 Å². The van der Waals surface area contributed by atoms with Crippen LogP contribution >= 0.6 is 0 Å². The third kappa shape index (κ3) is 7.05. The third-order valence-electron chi connectivity index (χ3n) is 3.54. The number of hydrogen-bond donors (Lipinski definition) is 2. The van der Waals surface area contributed by atoms with E-state index in [0.717, 1.165) is 30.0 Å². The van der Waals surface area contributed by atoms with E-state index in [-0.39, 0.29) is 18.6 Å². The molecule has 26 heavy (non-hydrogen) atoms. The number of nitrogens with one attached hydrogen (secondary N) is 2. The molecule has 0 spiro atoms. The highest BCUT2D eigenvalue weighted by atomic mass is 16.5. The summed E-state index contributed by atoms with van der Waals surface area (Å²) >= 11 is 0. The third-order valence-corrected chi connectivity index (χ3v) is 3.54. The van der Waals surface area contributed by atoms with E-state index in [2.05, 4.69) is 17.6 Å². The summed E-state index contributed by atoms with van der Waals surface area (Å²) in [5, 5.41) is 5.99. The molecule has 0 saturated heterocycles. The van der Waals surface area contributed by atoms with Crippen LogP contribution in [0.1, 0.15) is 33.6 Å². The van der Waals surface area contributed by atoms with Crippen molar-refractivity contribution >= 4 is 17.3 Å². The van der Waals surface area contributed by atoms with E-state index in [0.29, 0.717) is 12.3 Å². The molecule has 0 aromatic heterocycles. The van der Waals surface area contributed by atoms with Gasteiger partial charge in [-0.15, -0.1) is 0 Å². The molecule has 2 rings (SSSR count). The number of benzene rings is 2. The van der Waals surface area contributed by atoms with Gasteiger partial charge in [0, 0.05) is 23.5 Å². The highest BCUT2D eigenvalue weighted by Crippen LogP contribution is 2.19. The monoisotopic (exact) mass is 356 g/mol. The fourth-order valence-electron chi connectivity index (χ4n) is 2.34. The first-order chi connectivity index (χ1) is 12.6. The van der Waals surface area contributed by atoms with Crippen LogP contribution in [-0.2, 0) is 4.79 Å². The first kappa shape index (κ1) is 19.6. The Labute approximate surface area is 155 Å². The SMILES string of the molecule is CCCCOc1cccc(NCC(=O)Nc2cccc(OC(C)C)c2)c1. The smallest absolute Gasteiger partial charge is 0.243 e. The van der Waals surface area contributed by atoms with Crippen molar-refractivity contribution in [3.8, 4) is 11.5 Å². The van der Waals surface area contributed by atoms with Crippen LogP contribution in [0.5, 0.6) is 11.5 Å². The van der Waals surface area contributed by atoms with Crippen molar-refractivity contribution in [3.63, 3.8) is 0 Å². The average molecular weight is 356 g/mol. The van der Waals surface area contributed by atoms with Gasteiger partial charge in [0.05, 0.1) is 19.3 Å². The van der Waals surface area contributed by atoms with Gasteiger partial charge < -0.3 is 20.1 Å². The number of carbonyl (C=O) groups excluding carboxylic acids is 1. The predicted molar refractivity (Wildman–Crippen MR) is 106 cm³/mol. The Hall–Kier alpha value is -2.69. The highest BCUT2D eigenvalue weighted by Gasteiger charge is 2.05. The molecule has 0 aliphatic rings.